The van der Waals surface area contributed by atoms with Gasteiger partial charge in [0.15, 0.2) is 11.5 Å². The topological polar surface area (TPSA) is 71.3 Å². The second-order valence-corrected chi connectivity index (χ2v) is 8.70. The van der Waals surface area contributed by atoms with E-state index in [1.165, 1.54) is 6.08 Å². The van der Waals surface area contributed by atoms with Crippen LogP contribution in [0.5, 0.6) is 11.5 Å². The Morgan fingerprint density at radius 3 is 2.38 bits per heavy atom. The Morgan fingerprint density at radius 1 is 1.06 bits per heavy atom. The summed E-state index contributed by atoms with van der Waals surface area (Å²) in [6.07, 6.45) is 1.51. The molecule has 3 aromatic rings. The highest BCUT2D eigenvalue weighted by Crippen LogP contribution is 2.35. The average Bonchev–Trinajstić information content (AvgIpc) is 2.79. The van der Waals surface area contributed by atoms with Crippen LogP contribution < -0.4 is 14.8 Å². The molecule has 32 heavy (non-hydrogen) atoms. The number of nitriles is 1. The van der Waals surface area contributed by atoms with Gasteiger partial charge in [-0.1, -0.05) is 61.7 Å². The molecule has 0 bridgehead atoms. The fraction of sp³-hybridized carbons (Fsp3) is 0.120. The summed E-state index contributed by atoms with van der Waals surface area (Å²) < 4.78 is 13.1. The lowest BCUT2D eigenvalue weighted by molar-refractivity contribution is -0.112. The minimum absolute atomic E-state index is 0.0307. The molecular formula is C25H20Br2N2O3. The minimum atomic E-state index is -0.488. The number of ether oxygens (including phenoxy) is 2. The highest BCUT2D eigenvalue weighted by atomic mass is 79.9. The number of amides is 1. The van der Waals surface area contributed by atoms with Crippen molar-refractivity contribution in [2.75, 3.05) is 12.4 Å². The lowest BCUT2D eigenvalue weighted by atomic mass is 10.1. The van der Waals surface area contributed by atoms with Crippen molar-refractivity contribution >= 4 is 49.5 Å². The maximum absolute atomic E-state index is 12.6. The lowest BCUT2D eigenvalue weighted by Crippen LogP contribution is -2.13. The van der Waals surface area contributed by atoms with E-state index in [0.717, 1.165) is 15.6 Å². The summed E-state index contributed by atoms with van der Waals surface area (Å²) in [5.74, 6) is 0.549. The molecule has 0 aliphatic heterocycles. The summed E-state index contributed by atoms with van der Waals surface area (Å²) in [5, 5.41) is 12.3. The molecule has 0 atom stereocenters. The molecule has 1 amide bonds. The number of hydrogen-bond acceptors (Lipinski definition) is 4. The molecule has 162 valence electrons. The molecule has 0 spiro atoms. The van der Waals surface area contributed by atoms with Crippen molar-refractivity contribution in [2.24, 2.45) is 0 Å². The van der Waals surface area contributed by atoms with Crippen molar-refractivity contribution in [3.8, 4) is 17.6 Å². The van der Waals surface area contributed by atoms with E-state index in [4.69, 9.17) is 9.47 Å². The number of halogens is 2. The van der Waals surface area contributed by atoms with E-state index in [1.807, 2.05) is 49.4 Å². The summed E-state index contributed by atoms with van der Waals surface area (Å²) in [6, 6.07) is 20.6. The zero-order valence-electron chi connectivity index (χ0n) is 17.5. The Labute approximate surface area is 203 Å². The first kappa shape index (κ1) is 23.6. The molecule has 0 heterocycles. The Hall–Kier alpha value is -3.08. The van der Waals surface area contributed by atoms with Gasteiger partial charge in [-0.15, -0.1) is 0 Å². The van der Waals surface area contributed by atoms with E-state index < -0.39 is 5.91 Å². The quantitative estimate of drug-likeness (QED) is 0.261. The van der Waals surface area contributed by atoms with Gasteiger partial charge >= 0.3 is 0 Å². The van der Waals surface area contributed by atoms with E-state index in [-0.39, 0.29) is 5.57 Å². The average molecular weight is 556 g/mol. The molecule has 0 unspecified atom stereocenters. The molecule has 0 aliphatic rings. The van der Waals surface area contributed by atoms with Gasteiger partial charge in [0.05, 0.1) is 7.11 Å². The molecule has 5 nitrogen and oxygen atoms in total. The summed E-state index contributed by atoms with van der Waals surface area (Å²) in [7, 11) is 1.54. The second-order valence-electron chi connectivity index (χ2n) is 6.93. The number of hydrogen-bond donors (Lipinski definition) is 1. The Morgan fingerprint density at radius 2 is 1.75 bits per heavy atom. The summed E-state index contributed by atoms with van der Waals surface area (Å²) in [6.45, 7) is 2.33. The van der Waals surface area contributed by atoms with Gasteiger partial charge in [-0.05, 0) is 60.5 Å². The van der Waals surface area contributed by atoms with Gasteiger partial charge < -0.3 is 14.8 Å². The van der Waals surface area contributed by atoms with Gasteiger partial charge in [0.2, 0.25) is 0 Å². The summed E-state index contributed by atoms with van der Waals surface area (Å²) >= 11 is 6.92. The zero-order valence-corrected chi connectivity index (χ0v) is 20.7. The SMILES string of the molecule is COc1cc(C=C(C#N)C(=O)Nc2ccc(C)cc2)c(Br)cc1OCc1ccc(Br)cc1. The highest BCUT2D eigenvalue weighted by Gasteiger charge is 2.14. The van der Waals surface area contributed by atoms with Crippen molar-refractivity contribution in [3.63, 3.8) is 0 Å². The van der Waals surface area contributed by atoms with Crippen molar-refractivity contribution in [1.29, 1.82) is 5.26 Å². The second kappa shape index (κ2) is 11.0. The van der Waals surface area contributed by atoms with Crippen LogP contribution in [0.4, 0.5) is 5.69 Å². The molecule has 0 aromatic heterocycles. The fourth-order valence-electron chi connectivity index (χ4n) is 2.81. The van der Waals surface area contributed by atoms with Crippen LogP contribution in [-0.4, -0.2) is 13.0 Å². The van der Waals surface area contributed by atoms with Crippen molar-refractivity contribution in [1.82, 2.24) is 0 Å². The highest BCUT2D eigenvalue weighted by molar-refractivity contribution is 9.10. The van der Waals surface area contributed by atoms with Gasteiger partial charge in [0.1, 0.15) is 18.2 Å². The van der Waals surface area contributed by atoms with Crippen molar-refractivity contribution in [3.05, 3.63) is 91.9 Å². The van der Waals surface area contributed by atoms with Gasteiger partial charge in [-0.25, -0.2) is 0 Å². The zero-order chi connectivity index (χ0) is 23.1. The third kappa shape index (κ3) is 6.22. The first-order chi connectivity index (χ1) is 15.4. The minimum Gasteiger partial charge on any atom is -0.493 e. The van der Waals surface area contributed by atoms with Gasteiger partial charge in [0.25, 0.3) is 5.91 Å². The number of nitrogens with one attached hydrogen (secondary N) is 1. The van der Waals surface area contributed by atoms with Crippen LogP contribution in [-0.2, 0) is 11.4 Å². The standard InChI is InChI=1S/C25H20Br2N2O3/c1-16-3-9-21(10-4-16)29-25(30)19(14-28)11-18-12-23(31-2)24(13-22(18)27)32-15-17-5-7-20(26)8-6-17/h3-13H,15H2,1-2H3,(H,29,30). The number of carbonyl (C=O) groups is 1. The van der Waals surface area contributed by atoms with Crippen LogP contribution in [0, 0.1) is 18.3 Å². The molecule has 0 saturated carbocycles. The number of benzene rings is 3. The Kier molecular flexibility index (Phi) is 8.09. The fourth-order valence-corrected chi connectivity index (χ4v) is 3.52. The molecule has 7 heteroatoms. The molecule has 1 N–H and O–H groups in total. The number of carbonyl (C=O) groups excluding carboxylic acids is 1. The first-order valence-corrected chi connectivity index (χ1v) is 11.2. The predicted molar refractivity (Wildman–Crippen MR) is 133 cm³/mol. The van der Waals surface area contributed by atoms with E-state index in [0.29, 0.717) is 33.8 Å². The van der Waals surface area contributed by atoms with Crippen LogP contribution in [0.2, 0.25) is 0 Å². The molecule has 0 radical (unpaired) electrons. The normalized spacial score (nSPS) is 10.9. The van der Waals surface area contributed by atoms with Crippen LogP contribution in [0.1, 0.15) is 16.7 Å². The lowest BCUT2D eigenvalue weighted by Gasteiger charge is -2.13. The van der Waals surface area contributed by atoms with E-state index >= 15 is 0 Å². The Balaban J connectivity index is 1.80. The number of rotatable bonds is 7. The van der Waals surface area contributed by atoms with E-state index in [1.54, 1.807) is 31.4 Å². The molecule has 3 aromatic carbocycles. The third-order valence-corrected chi connectivity index (χ3v) is 5.78. The molecule has 0 aliphatic carbocycles. The molecular weight excluding hydrogens is 536 g/mol. The predicted octanol–water partition coefficient (Wildman–Crippen LogP) is 6.65. The number of nitrogens with zero attached hydrogens (tertiary/aromatic N) is 1. The van der Waals surface area contributed by atoms with Crippen LogP contribution in [0.15, 0.2) is 75.2 Å². The molecule has 3 rings (SSSR count). The summed E-state index contributed by atoms with van der Waals surface area (Å²) in [4.78, 5) is 12.6. The monoisotopic (exact) mass is 554 g/mol. The molecule has 0 saturated heterocycles. The van der Waals surface area contributed by atoms with E-state index in [9.17, 15) is 10.1 Å². The molecule has 0 fully saturated rings. The van der Waals surface area contributed by atoms with Crippen molar-refractivity contribution in [2.45, 2.75) is 13.5 Å². The van der Waals surface area contributed by atoms with Crippen LogP contribution in [0.3, 0.4) is 0 Å². The largest absolute Gasteiger partial charge is 0.493 e. The maximum Gasteiger partial charge on any atom is 0.266 e. The third-order valence-electron chi connectivity index (χ3n) is 4.56. The number of anilines is 1. The first-order valence-electron chi connectivity index (χ1n) is 9.64. The smallest absolute Gasteiger partial charge is 0.266 e. The van der Waals surface area contributed by atoms with Crippen molar-refractivity contribution < 1.29 is 14.3 Å². The van der Waals surface area contributed by atoms with E-state index in [2.05, 4.69) is 37.2 Å². The maximum atomic E-state index is 12.6. The van der Waals surface area contributed by atoms with Gasteiger partial charge in [-0.3, -0.25) is 4.79 Å². The van der Waals surface area contributed by atoms with Crippen LogP contribution in [0.25, 0.3) is 6.08 Å². The van der Waals surface area contributed by atoms with Gasteiger partial charge in [-0.2, -0.15) is 5.26 Å². The van der Waals surface area contributed by atoms with Crippen LogP contribution >= 0.6 is 31.9 Å². The number of aryl methyl sites for hydroxylation is 1. The van der Waals surface area contributed by atoms with Gasteiger partial charge in [0, 0.05) is 14.6 Å². The number of methoxy groups -OCH3 is 1. The Bertz CT molecular complexity index is 1180. The summed E-state index contributed by atoms with van der Waals surface area (Å²) in [5.41, 5.74) is 3.30.